The van der Waals surface area contributed by atoms with Crippen molar-refractivity contribution in [3.63, 3.8) is 0 Å². The standard InChI is InChI=1S/C27H31FN6O2S/c1-15-14-37-24-22(15)32-27(33-26(24)31-23-17-5-4-16(12-17)21(23)25(29)35)30-18-6-7-20(19(28)13-18)36-11-10-34-8-2-3-9-34/h4-7,13-14,16-17,21,23H,2-3,8-12H2,1H3,(H2,29,35)(H2,30,31,32,33). The van der Waals surface area contributed by atoms with Crippen molar-refractivity contribution in [2.45, 2.75) is 32.2 Å². The molecule has 8 nitrogen and oxygen atoms in total. The number of carbonyl (C=O) groups excluding carboxylic acids is 1. The number of allylic oxidation sites excluding steroid dienone is 1. The highest BCUT2D eigenvalue weighted by atomic mass is 32.1. The maximum atomic E-state index is 14.8. The number of halogens is 1. The lowest BCUT2D eigenvalue weighted by atomic mass is 9.88. The van der Waals surface area contributed by atoms with E-state index in [9.17, 15) is 9.18 Å². The highest BCUT2D eigenvalue weighted by molar-refractivity contribution is 7.18. The van der Waals surface area contributed by atoms with E-state index >= 15 is 0 Å². The van der Waals surface area contributed by atoms with Crippen LogP contribution in [0.25, 0.3) is 10.2 Å². The number of likely N-dealkylation sites (tertiary alicyclic amines) is 1. The molecule has 2 aromatic heterocycles. The summed E-state index contributed by atoms with van der Waals surface area (Å²) in [5, 5.41) is 8.71. The molecular weight excluding hydrogens is 491 g/mol. The fraction of sp³-hybridized carbons (Fsp3) is 0.444. The molecule has 4 unspecified atom stereocenters. The third-order valence-corrected chi connectivity index (χ3v) is 8.83. The van der Waals surface area contributed by atoms with E-state index in [2.05, 4.69) is 27.7 Å². The Morgan fingerprint density at radius 1 is 1.24 bits per heavy atom. The number of nitrogens with zero attached hydrogens (tertiary/aromatic N) is 3. The zero-order valence-corrected chi connectivity index (χ0v) is 21.6. The Labute approximate surface area is 219 Å². The summed E-state index contributed by atoms with van der Waals surface area (Å²) >= 11 is 1.56. The molecule has 6 rings (SSSR count). The molecule has 0 radical (unpaired) electrons. The molecule has 1 aliphatic heterocycles. The topological polar surface area (TPSA) is 105 Å². The smallest absolute Gasteiger partial charge is 0.229 e. The normalized spacial score (nSPS) is 24.7. The molecule has 2 fully saturated rings. The summed E-state index contributed by atoms with van der Waals surface area (Å²) in [6, 6.07) is 4.68. The Bertz CT molecular complexity index is 1350. The number of primary amides is 1. The monoisotopic (exact) mass is 522 g/mol. The number of anilines is 3. The van der Waals surface area contributed by atoms with Gasteiger partial charge in [-0.05, 0) is 74.2 Å². The number of nitrogens with two attached hydrogens (primary N) is 1. The zero-order valence-electron chi connectivity index (χ0n) is 20.7. The zero-order chi connectivity index (χ0) is 25.5. The molecule has 4 atom stereocenters. The van der Waals surface area contributed by atoms with E-state index in [1.807, 2.05) is 12.3 Å². The molecule has 37 heavy (non-hydrogen) atoms. The molecule has 3 aromatic rings. The van der Waals surface area contributed by atoms with Gasteiger partial charge in [0, 0.05) is 24.3 Å². The van der Waals surface area contributed by atoms with Crippen molar-refractivity contribution < 1.29 is 13.9 Å². The molecule has 10 heteroatoms. The first-order valence-electron chi connectivity index (χ1n) is 12.9. The fourth-order valence-electron chi connectivity index (χ4n) is 5.87. The summed E-state index contributed by atoms with van der Waals surface area (Å²) in [5.74, 6) is 0.645. The van der Waals surface area contributed by atoms with Crippen LogP contribution in [0.1, 0.15) is 24.8 Å². The quantitative estimate of drug-likeness (QED) is 0.357. The van der Waals surface area contributed by atoms with E-state index in [0.717, 1.165) is 41.8 Å². The second kappa shape index (κ2) is 9.90. The van der Waals surface area contributed by atoms with Crippen LogP contribution < -0.4 is 21.1 Å². The van der Waals surface area contributed by atoms with Gasteiger partial charge in [-0.15, -0.1) is 11.3 Å². The van der Waals surface area contributed by atoms with E-state index in [1.165, 1.54) is 18.9 Å². The van der Waals surface area contributed by atoms with Crippen molar-refractivity contribution >= 4 is 44.9 Å². The van der Waals surface area contributed by atoms with Gasteiger partial charge in [0.15, 0.2) is 11.6 Å². The van der Waals surface area contributed by atoms with Crippen molar-refractivity contribution in [2.75, 3.05) is 36.9 Å². The fourth-order valence-corrected chi connectivity index (χ4v) is 6.81. The van der Waals surface area contributed by atoms with Gasteiger partial charge in [-0.3, -0.25) is 9.69 Å². The van der Waals surface area contributed by atoms with Gasteiger partial charge in [0.25, 0.3) is 0 Å². The van der Waals surface area contributed by atoms with Crippen LogP contribution >= 0.6 is 11.3 Å². The maximum Gasteiger partial charge on any atom is 0.229 e. The summed E-state index contributed by atoms with van der Waals surface area (Å²) in [4.78, 5) is 24.0. The predicted octanol–water partition coefficient (Wildman–Crippen LogP) is 4.44. The molecule has 1 aromatic carbocycles. The largest absolute Gasteiger partial charge is 0.489 e. The summed E-state index contributed by atoms with van der Waals surface area (Å²) in [6.45, 7) is 5.43. The minimum atomic E-state index is -0.435. The maximum absolute atomic E-state index is 14.8. The number of benzene rings is 1. The van der Waals surface area contributed by atoms with Gasteiger partial charge < -0.3 is 21.1 Å². The van der Waals surface area contributed by atoms with Crippen molar-refractivity contribution in [3.05, 3.63) is 47.1 Å². The van der Waals surface area contributed by atoms with E-state index in [1.54, 1.807) is 23.5 Å². The number of thiophene rings is 1. The van der Waals surface area contributed by atoms with Crippen LogP contribution in [0.4, 0.5) is 21.8 Å². The SMILES string of the molecule is Cc1csc2c(NC3C4C=CC(C4)C3C(N)=O)nc(Nc3ccc(OCCN4CCCC4)c(F)c3)nc12. The lowest BCUT2D eigenvalue weighted by Gasteiger charge is -2.27. The number of ether oxygens (including phenoxy) is 1. The predicted molar refractivity (Wildman–Crippen MR) is 144 cm³/mol. The molecule has 1 amide bonds. The molecule has 2 bridgehead atoms. The van der Waals surface area contributed by atoms with Crippen LogP contribution in [-0.2, 0) is 4.79 Å². The van der Waals surface area contributed by atoms with Gasteiger partial charge in [0.2, 0.25) is 11.9 Å². The van der Waals surface area contributed by atoms with Gasteiger partial charge >= 0.3 is 0 Å². The molecule has 4 N–H and O–H groups in total. The van der Waals surface area contributed by atoms with Crippen LogP contribution in [0, 0.1) is 30.5 Å². The van der Waals surface area contributed by atoms with Crippen LogP contribution in [0.15, 0.2) is 35.7 Å². The number of aryl methyl sites for hydroxylation is 1. The number of aromatic nitrogens is 2. The van der Waals surface area contributed by atoms with E-state index < -0.39 is 5.82 Å². The van der Waals surface area contributed by atoms with Gasteiger partial charge in [0.1, 0.15) is 12.4 Å². The average Bonchev–Trinajstić information content (AvgIpc) is 3.67. The molecular formula is C27H31FN6O2S. The second-order valence-corrected chi connectivity index (χ2v) is 11.1. The lowest BCUT2D eigenvalue weighted by Crippen LogP contribution is -2.41. The van der Waals surface area contributed by atoms with Gasteiger partial charge in [-0.25, -0.2) is 9.37 Å². The van der Waals surface area contributed by atoms with Gasteiger partial charge in [-0.1, -0.05) is 12.2 Å². The van der Waals surface area contributed by atoms with Gasteiger partial charge in [0.05, 0.1) is 16.1 Å². The van der Waals surface area contributed by atoms with Crippen LogP contribution in [-0.4, -0.2) is 53.1 Å². The number of nitrogens with one attached hydrogen (secondary N) is 2. The second-order valence-electron chi connectivity index (χ2n) is 10.2. The van der Waals surface area contributed by atoms with Crippen LogP contribution in [0.3, 0.4) is 0 Å². The molecule has 1 saturated carbocycles. The first kappa shape index (κ1) is 24.1. The summed E-state index contributed by atoms with van der Waals surface area (Å²) in [5.41, 5.74) is 8.14. The van der Waals surface area contributed by atoms with Crippen LogP contribution in [0.2, 0.25) is 0 Å². The summed E-state index contributed by atoms with van der Waals surface area (Å²) < 4.78 is 21.4. The van der Waals surface area contributed by atoms with E-state index in [0.29, 0.717) is 24.1 Å². The van der Waals surface area contributed by atoms with Crippen molar-refractivity contribution in [1.29, 1.82) is 0 Å². The minimum Gasteiger partial charge on any atom is -0.489 e. The minimum absolute atomic E-state index is 0.115. The Morgan fingerprint density at radius 2 is 2.05 bits per heavy atom. The molecule has 0 spiro atoms. The Hall–Kier alpha value is -3.24. The highest BCUT2D eigenvalue weighted by Gasteiger charge is 2.47. The van der Waals surface area contributed by atoms with Gasteiger partial charge in [-0.2, -0.15) is 4.98 Å². The first-order valence-corrected chi connectivity index (χ1v) is 13.8. The third-order valence-electron chi connectivity index (χ3n) is 7.74. The average molecular weight is 523 g/mol. The summed E-state index contributed by atoms with van der Waals surface area (Å²) in [6.07, 6.45) is 7.62. The number of fused-ring (bicyclic) bond motifs is 3. The Balaban J connectivity index is 1.21. The number of rotatable bonds is 9. The van der Waals surface area contributed by atoms with Crippen molar-refractivity contribution in [1.82, 2.24) is 14.9 Å². The lowest BCUT2D eigenvalue weighted by molar-refractivity contribution is -0.122. The highest BCUT2D eigenvalue weighted by Crippen LogP contribution is 2.45. The molecule has 1 saturated heterocycles. The molecule has 2 aliphatic carbocycles. The summed E-state index contributed by atoms with van der Waals surface area (Å²) in [7, 11) is 0. The van der Waals surface area contributed by atoms with Crippen molar-refractivity contribution in [3.8, 4) is 5.75 Å². The number of hydrogen-bond donors (Lipinski definition) is 3. The first-order chi connectivity index (χ1) is 18.0. The van der Waals surface area contributed by atoms with E-state index in [4.69, 9.17) is 20.4 Å². The van der Waals surface area contributed by atoms with Crippen molar-refractivity contribution in [2.24, 2.45) is 23.5 Å². The Kier molecular flexibility index (Phi) is 6.46. The third kappa shape index (κ3) is 4.75. The molecule has 3 aliphatic rings. The van der Waals surface area contributed by atoms with E-state index in [-0.39, 0.29) is 35.5 Å². The number of carbonyl (C=O) groups is 1. The van der Waals surface area contributed by atoms with Crippen LogP contribution in [0.5, 0.6) is 5.75 Å². The number of amides is 1. The number of hydrogen-bond acceptors (Lipinski definition) is 8. The Morgan fingerprint density at radius 3 is 2.84 bits per heavy atom. The molecule has 194 valence electrons. The molecule has 3 heterocycles.